The van der Waals surface area contributed by atoms with Crippen molar-refractivity contribution in [1.82, 2.24) is 0 Å². The Morgan fingerprint density at radius 1 is 1.03 bits per heavy atom. The number of ether oxygens (including phenoxy) is 3. The first-order chi connectivity index (χ1) is 15.0. The van der Waals surface area contributed by atoms with Crippen molar-refractivity contribution in [3.05, 3.63) is 71.3 Å². The third-order valence-electron chi connectivity index (χ3n) is 4.06. The summed E-state index contributed by atoms with van der Waals surface area (Å²) in [4.78, 5) is 23.9. The summed E-state index contributed by atoms with van der Waals surface area (Å²) in [7, 11) is 0. The minimum Gasteiger partial charge on any atom is -0.494 e. The van der Waals surface area contributed by atoms with E-state index >= 15 is 0 Å². The first-order valence-electron chi connectivity index (χ1n) is 10.1. The number of esters is 2. The zero-order chi connectivity index (χ0) is 22.5. The van der Waals surface area contributed by atoms with Crippen LogP contribution in [0.4, 0.5) is 0 Å². The van der Waals surface area contributed by atoms with Gasteiger partial charge in [-0.3, -0.25) is 0 Å². The van der Waals surface area contributed by atoms with Gasteiger partial charge in [-0.15, -0.1) is 0 Å². The second kappa shape index (κ2) is 12.7. The van der Waals surface area contributed by atoms with Crippen LogP contribution in [-0.2, 0) is 14.3 Å². The van der Waals surface area contributed by atoms with E-state index in [4.69, 9.17) is 19.5 Å². The number of benzene rings is 2. The van der Waals surface area contributed by atoms with Gasteiger partial charge >= 0.3 is 11.9 Å². The monoisotopic (exact) mass is 419 g/mol. The molecule has 6 nitrogen and oxygen atoms in total. The molecule has 0 spiro atoms. The second-order valence-corrected chi connectivity index (χ2v) is 6.49. The van der Waals surface area contributed by atoms with Gasteiger partial charge in [0.15, 0.2) is 0 Å². The highest BCUT2D eigenvalue weighted by Crippen LogP contribution is 2.17. The van der Waals surface area contributed by atoms with Gasteiger partial charge in [0.05, 0.1) is 13.2 Å². The predicted octanol–water partition coefficient (Wildman–Crippen LogP) is 4.95. The minimum atomic E-state index is -0.697. The molecule has 0 aromatic heterocycles. The predicted molar refractivity (Wildman–Crippen MR) is 118 cm³/mol. The topological polar surface area (TPSA) is 85.6 Å². The van der Waals surface area contributed by atoms with E-state index in [1.807, 2.05) is 30.3 Å². The fourth-order valence-electron chi connectivity index (χ4n) is 2.50. The van der Waals surface area contributed by atoms with Crippen LogP contribution in [0.2, 0.25) is 0 Å². The molecular weight excluding hydrogens is 394 g/mol. The largest absolute Gasteiger partial charge is 0.494 e. The Morgan fingerprint density at radius 3 is 2.48 bits per heavy atom. The van der Waals surface area contributed by atoms with E-state index in [1.165, 1.54) is 12.2 Å². The lowest BCUT2D eigenvalue weighted by atomic mass is 10.1. The van der Waals surface area contributed by atoms with Crippen molar-refractivity contribution in [1.29, 1.82) is 5.26 Å². The molecule has 0 amide bonds. The van der Waals surface area contributed by atoms with Crippen molar-refractivity contribution in [2.75, 3.05) is 13.2 Å². The SMILES string of the molecule is CCCCOc1ccc(/C=C/C(=O)Oc2cccc(/C=C(\C#N)C(=O)OCC)c2)cc1. The van der Waals surface area contributed by atoms with Crippen LogP contribution in [0.15, 0.2) is 60.2 Å². The molecular formula is C25H25NO5. The molecule has 0 bridgehead atoms. The number of hydrogen-bond donors (Lipinski definition) is 0. The molecule has 31 heavy (non-hydrogen) atoms. The summed E-state index contributed by atoms with van der Waals surface area (Å²) in [5.41, 5.74) is 1.24. The number of carbonyl (C=O) groups excluding carboxylic acids is 2. The fraction of sp³-hybridized carbons (Fsp3) is 0.240. The normalized spacial score (nSPS) is 11.1. The highest BCUT2D eigenvalue weighted by Gasteiger charge is 2.10. The highest BCUT2D eigenvalue weighted by molar-refractivity contribution is 5.98. The first kappa shape index (κ1) is 23.4. The van der Waals surface area contributed by atoms with Crippen molar-refractivity contribution in [2.24, 2.45) is 0 Å². The summed E-state index contributed by atoms with van der Waals surface area (Å²) in [5, 5.41) is 9.13. The van der Waals surface area contributed by atoms with Gasteiger partial charge in [-0.05, 0) is 60.9 Å². The maximum absolute atomic E-state index is 12.1. The van der Waals surface area contributed by atoms with Crippen molar-refractivity contribution >= 4 is 24.1 Å². The second-order valence-electron chi connectivity index (χ2n) is 6.49. The van der Waals surface area contributed by atoms with Gasteiger partial charge in [-0.25, -0.2) is 9.59 Å². The number of hydrogen-bond acceptors (Lipinski definition) is 6. The third kappa shape index (κ3) is 8.19. The Balaban J connectivity index is 1.99. The van der Waals surface area contributed by atoms with Crippen molar-refractivity contribution < 1.29 is 23.8 Å². The van der Waals surface area contributed by atoms with Crippen LogP contribution in [0.1, 0.15) is 37.8 Å². The Bertz CT molecular complexity index is 984. The zero-order valence-electron chi connectivity index (χ0n) is 17.7. The molecule has 6 heteroatoms. The van der Waals surface area contributed by atoms with Gasteiger partial charge < -0.3 is 14.2 Å². The number of nitriles is 1. The van der Waals surface area contributed by atoms with Gasteiger partial charge in [-0.2, -0.15) is 5.26 Å². The summed E-state index contributed by atoms with van der Waals surface area (Å²) in [6, 6.07) is 15.8. The van der Waals surface area contributed by atoms with Crippen LogP contribution in [0.3, 0.4) is 0 Å². The Kier molecular flexibility index (Phi) is 9.57. The quantitative estimate of drug-likeness (QED) is 0.178. The first-order valence-corrected chi connectivity index (χ1v) is 10.1. The average molecular weight is 419 g/mol. The van der Waals surface area contributed by atoms with Crippen LogP contribution in [0, 0.1) is 11.3 Å². The molecule has 0 unspecified atom stereocenters. The minimum absolute atomic E-state index is 0.132. The maximum atomic E-state index is 12.1. The molecule has 2 aromatic carbocycles. The summed E-state index contributed by atoms with van der Waals surface area (Å²) in [5.74, 6) is -0.158. The van der Waals surface area contributed by atoms with Gasteiger partial charge in [0.25, 0.3) is 0 Å². The Hall–Kier alpha value is -3.85. The van der Waals surface area contributed by atoms with E-state index in [-0.39, 0.29) is 12.2 Å². The number of carbonyl (C=O) groups is 2. The van der Waals surface area contributed by atoms with Gasteiger partial charge in [-0.1, -0.05) is 37.6 Å². The van der Waals surface area contributed by atoms with E-state index in [9.17, 15) is 9.59 Å². The van der Waals surface area contributed by atoms with E-state index < -0.39 is 11.9 Å². The van der Waals surface area contributed by atoms with E-state index in [1.54, 1.807) is 37.3 Å². The van der Waals surface area contributed by atoms with Gasteiger partial charge in [0.2, 0.25) is 0 Å². The van der Waals surface area contributed by atoms with Crippen LogP contribution in [0.25, 0.3) is 12.2 Å². The lowest BCUT2D eigenvalue weighted by Gasteiger charge is -2.05. The number of unbranched alkanes of at least 4 members (excludes halogenated alkanes) is 1. The molecule has 0 atom stereocenters. The number of rotatable bonds is 10. The molecule has 0 heterocycles. The molecule has 0 aliphatic carbocycles. The molecule has 160 valence electrons. The maximum Gasteiger partial charge on any atom is 0.348 e. The van der Waals surface area contributed by atoms with Crippen LogP contribution < -0.4 is 9.47 Å². The standard InChI is InChI=1S/C25H25NO5/c1-3-5-15-30-22-12-9-19(10-13-22)11-14-24(27)31-23-8-6-7-20(17-23)16-21(18-26)25(28)29-4-2/h6-14,16-17H,3-5,15H2,1-2H3/b14-11+,21-16+. The lowest BCUT2D eigenvalue weighted by Crippen LogP contribution is -2.06. The van der Waals surface area contributed by atoms with Crippen LogP contribution in [0.5, 0.6) is 11.5 Å². The van der Waals surface area contributed by atoms with E-state index in [0.29, 0.717) is 17.9 Å². The van der Waals surface area contributed by atoms with Gasteiger partial charge in [0.1, 0.15) is 23.1 Å². The summed E-state index contributed by atoms with van der Waals surface area (Å²) in [6.07, 6.45) is 6.44. The van der Waals surface area contributed by atoms with Crippen molar-refractivity contribution in [3.8, 4) is 17.6 Å². The Labute approximate surface area is 182 Å². The van der Waals surface area contributed by atoms with Crippen molar-refractivity contribution in [2.45, 2.75) is 26.7 Å². The smallest absolute Gasteiger partial charge is 0.348 e. The summed E-state index contributed by atoms with van der Waals surface area (Å²) in [6.45, 7) is 4.63. The molecule has 0 fully saturated rings. The summed E-state index contributed by atoms with van der Waals surface area (Å²) >= 11 is 0. The van der Waals surface area contributed by atoms with Crippen LogP contribution >= 0.6 is 0 Å². The summed E-state index contributed by atoms with van der Waals surface area (Å²) < 4.78 is 15.8. The van der Waals surface area contributed by atoms with Crippen LogP contribution in [-0.4, -0.2) is 25.2 Å². The number of nitrogens with zero attached hydrogens (tertiary/aromatic N) is 1. The fourth-order valence-corrected chi connectivity index (χ4v) is 2.50. The molecule has 0 saturated heterocycles. The molecule has 2 rings (SSSR count). The molecule has 0 saturated carbocycles. The zero-order valence-corrected chi connectivity index (χ0v) is 17.7. The molecule has 2 aromatic rings. The Morgan fingerprint density at radius 2 is 1.81 bits per heavy atom. The molecule has 0 radical (unpaired) electrons. The molecule has 0 aliphatic heterocycles. The molecule has 0 N–H and O–H groups in total. The van der Waals surface area contributed by atoms with E-state index in [2.05, 4.69) is 6.92 Å². The lowest BCUT2D eigenvalue weighted by molar-refractivity contribution is -0.138. The molecule has 0 aliphatic rings. The average Bonchev–Trinajstić information content (AvgIpc) is 2.77. The van der Waals surface area contributed by atoms with Crippen molar-refractivity contribution in [3.63, 3.8) is 0 Å². The van der Waals surface area contributed by atoms with E-state index in [0.717, 1.165) is 24.2 Å². The third-order valence-corrected chi connectivity index (χ3v) is 4.06. The highest BCUT2D eigenvalue weighted by atomic mass is 16.5. The van der Waals surface area contributed by atoms with Gasteiger partial charge in [0, 0.05) is 6.08 Å².